The maximum Gasteiger partial charge on any atom is 0.251 e. The van der Waals surface area contributed by atoms with Gasteiger partial charge in [0.25, 0.3) is 5.91 Å². The van der Waals surface area contributed by atoms with Crippen LogP contribution in [-0.4, -0.2) is 29.1 Å². The molecule has 1 amide bonds. The van der Waals surface area contributed by atoms with E-state index in [1.165, 1.54) is 12.0 Å². The van der Waals surface area contributed by atoms with Crippen molar-refractivity contribution in [3.8, 4) is 0 Å². The van der Waals surface area contributed by atoms with Gasteiger partial charge in [0.05, 0.1) is 0 Å². The summed E-state index contributed by atoms with van der Waals surface area (Å²) in [6, 6.07) is 5.88. The summed E-state index contributed by atoms with van der Waals surface area (Å²) < 4.78 is 4.65. The zero-order chi connectivity index (χ0) is 13.8. The summed E-state index contributed by atoms with van der Waals surface area (Å²) in [4.78, 5) is 16.2. The number of carbonyl (C=O) groups is 1. The molecular formula is C14H16N4O2. The fourth-order valence-electron chi connectivity index (χ4n) is 2.43. The molecule has 20 heavy (non-hydrogen) atoms. The Kier molecular flexibility index (Phi) is 3.73. The summed E-state index contributed by atoms with van der Waals surface area (Å²) >= 11 is 0. The van der Waals surface area contributed by atoms with Crippen LogP contribution in [0.1, 0.15) is 27.3 Å². The van der Waals surface area contributed by atoms with Crippen molar-refractivity contribution in [2.45, 2.75) is 19.4 Å². The third kappa shape index (κ3) is 2.70. The first kappa shape index (κ1) is 12.8. The number of benzene rings is 1. The SMILES string of the molecule is O=C(NCCc1ncon1)c1cccc2c1CCNC2. The molecule has 0 atom stereocenters. The first-order valence-electron chi connectivity index (χ1n) is 6.69. The van der Waals surface area contributed by atoms with E-state index in [0.29, 0.717) is 18.8 Å². The van der Waals surface area contributed by atoms with Crippen LogP contribution in [0.2, 0.25) is 0 Å². The van der Waals surface area contributed by atoms with Crippen LogP contribution < -0.4 is 10.6 Å². The Morgan fingerprint density at radius 2 is 2.40 bits per heavy atom. The predicted octanol–water partition coefficient (Wildman–Crippen LogP) is 0.688. The average molecular weight is 272 g/mol. The third-order valence-corrected chi connectivity index (χ3v) is 3.43. The Bertz CT molecular complexity index is 595. The van der Waals surface area contributed by atoms with Crippen molar-refractivity contribution in [3.05, 3.63) is 47.1 Å². The molecule has 0 saturated carbocycles. The summed E-state index contributed by atoms with van der Waals surface area (Å²) in [5, 5.41) is 9.93. The van der Waals surface area contributed by atoms with Crippen LogP contribution in [-0.2, 0) is 19.4 Å². The summed E-state index contributed by atoms with van der Waals surface area (Å²) in [5.74, 6) is 0.567. The fourth-order valence-corrected chi connectivity index (χ4v) is 2.43. The Morgan fingerprint density at radius 3 is 3.25 bits per heavy atom. The Balaban J connectivity index is 1.65. The van der Waals surface area contributed by atoms with Gasteiger partial charge in [-0.2, -0.15) is 4.98 Å². The number of hydrogen-bond donors (Lipinski definition) is 2. The molecule has 0 fully saturated rings. The lowest BCUT2D eigenvalue weighted by molar-refractivity contribution is 0.0952. The number of amides is 1. The third-order valence-electron chi connectivity index (χ3n) is 3.43. The van der Waals surface area contributed by atoms with Crippen LogP contribution in [0.25, 0.3) is 0 Å². The molecule has 1 aromatic carbocycles. The van der Waals surface area contributed by atoms with Crippen LogP contribution in [0.15, 0.2) is 29.1 Å². The van der Waals surface area contributed by atoms with Gasteiger partial charge < -0.3 is 15.2 Å². The maximum absolute atomic E-state index is 12.2. The van der Waals surface area contributed by atoms with Crippen LogP contribution in [0, 0.1) is 0 Å². The number of nitrogens with one attached hydrogen (secondary N) is 2. The topological polar surface area (TPSA) is 80.1 Å². The van der Waals surface area contributed by atoms with Gasteiger partial charge in [0.1, 0.15) is 0 Å². The molecule has 2 aromatic rings. The van der Waals surface area contributed by atoms with Gasteiger partial charge >= 0.3 is 0 Å². The minimum Gasteiger partial charge on any atom is -0.352 e. The van der Waals surface area contributed by atoms with Gasteiger partial charge in [0, 0.05) is 25.1 Å². The molecule has 0 bridgehead atoms. The molecule has 0 aliphatic carbocycles. The quantitative estimate of drug-likeness (QED) is 0.856. The molecule has 1 aliphatic rings. The van der Waals surface area contributed by atoms with E-state index in [-0.39, 0.29) is 5.91 Å². The highest BCUT2D eigenvalue weighted by Crippen LogP contribution is 2.18. The van der Waals surface area contributed by atoms with E-state index >= 15 is 0 Å². The second-order valence-corrected chi connectivity index (χ2v) is 4.72. The van der Waals surface area contributed by atoms with E-state index < -0.39 is 0 Å². The Morgan fingerprint density at radius 1 is 1.45 bits per heavy atom. The summed E-state index contributed by atoms with van der Waals surface area (Å²) in [6.07, 6.45) is 2.75. The van der Waals surface area contributed by atoms with Crippen molar-refractivity contribution in [1.82, 2.24) is 20.8 Å². The normalized spacial score (nSPS) is 13.8. The van der Waals surface area contributed by atoms with Gasteiger partial charge in [-0.3, -0.25) is 4.79 Å². The molecule has 0 unspecified atom stereocenters. The van der Waals surface area contributed by atoms with Gasteiger partial charge in [-0.1, -0.05) is 17.3 Å². The molecule has 1 aliphatic heterocycles. The monoisotopic (exact) mass is 272 g/mol. The van der Waals surface area contributed by atoms with Gasteiger partial charge in [-0.25, -0.2) is 0 Å². The van der Waals surface area contributed by atoms with E-state index in [0.717, 1.165) is 30.6 Å². The zero-order valence-electron chi connectivity index (χ0n) is 11.1. The molecule has 2 heterocycles. The average Bonchev–Trinajstić information content (AvgIpc) is 3.00. The number of rotatable bonds is 4. The molecule has 6 nitrogen and oxygen atoms in total. The second-order valence-electron chi connectivity index (χ2n) is 4.72. The molecule has 0 spiro atoms. The van der Waals surface area contributed by atoms with Crippen LogP contribution >= 0.6 is 0 Å². The molecule has 104 valence electrons. The zero-order valence-corrected chi connectivity index (χ0v) is 11.1. The molecular weight excluding hydrogens is 256 g/mol. The van der Waals surface area contributed by atoms with Crippen LogP contribution in [0.3, 0.4) is 0 Å². The van der Waals surface area contributed by atoms with Gasteiger partial charge in [0.2, 0.25) is 6.39 Å². The van der Waals surface area contributed by atoms with Crippen molar-refractivity contribution < 1.29 is 9.32 Å². The second kappa shape index (κ2) is 5.83. The maximum atomic E-state index is 12.2. The van der Waals surface area contributed by atoms with Gasteiger partial charge in [-0.15, -0.1) is 0 Å². The molecule has 2 N–H and O–H groups in total. The first-order chi connectivity index (χ1) is 9.84. The lowest BCUT2D eigenvalue weighted by Crippen LogP contribution is -2.30. The summed E-state index contributed by atoms with van der Waals surface area (Å²) in [6.45, 7) is 2.25. The van der Waals surface area contributed by atoms with Crippen molar-refractivity contribution in [3.63, 3.8) is 0 Å². The minimum absolute atomic E-state index is 0.0350. The van der Waals surface area contributed by atoms with Crippen molar-refractivity contribution in [2.24, 2.45) is 0 Å². The number of nitrogens with zero attached hydrogens (tertiary/aromatic N) is 2. The Hall–Kier alpha value is -2.21. The van der Waals surface area contributed by atoms with Crippen molar-refractivity contribution in [2.75, 3.05) is 13.1 Å². The smallest absolute Gasteiger partial charge is 0.251 e. The number of aromatic nitrogens is 2. The largest absolute Gasteiger partial charge is 0.352 e. The molecule has 6 heteroatoms. The number of carbonyl (C=O) groups excluding carboxylic acids is 1. The molecule has 3 rings (SSSR count). The lowest BCUT2D eigenvalue weighted by Gasteiger charge is -2.19. The molecule has 1 aromatic heterocycles. The van der Waals surface area contributed by atoms with Gasteiger partial charge in [0.15, 0.2) is 5.82 Å². The minimum atomic E-state index is -0.0350. The van der Waals surface area contributed by atoms with Crippen molar-refractivity contribution in [1.29, 1.82) is 0 Å². The van der Waals surface area contributed by atoms with E-state index in [1.54, 1.807) is 0 Å². The summed E-state index contributed by atoms with van der Waals surface area (Å²) in [7, 11) is 0. The standard InChI is InChI=1S/C14H16N4O2/c19-14(16-7-5-13-17-9-20-18-13)12-3-1-2-10-8-15-6-4-11(10)12/h1-3,9,15H,4-8H2,(H,16,19). The highest BCUT2D eigenvalue weighted by Gasteiger charge is 2.16. The first-order valence-corrected chi connectivity index (χ1v) is 6.69. The fraction of sp³-hybridized carbons (Fsp3) is 0.357. The highest BCUT2D eigenvalue weighted by molar-refractivity contribution is 5.96. The van der Waals surface area contributed by atoms with Crippen LogP contribution in [0.4, 0.5) is 0 Å². The van der Waals surface area contributed by atoms with E-state index in [1.807, 2.05) is 12.1 Å². The van der Waals surface area contributed by atoms with Crippen LogP contribution in [0.5, 0.6) is 0 Å². The number of hydrogen-bond acceptors (Lipinski definition) is 5. The molecule has 0 radical (unpaired) electrons. The predicted molar refractivity (Wildman–Crippen MR) is 72.2 cm³/mol. The van der Waals surface area contributed by atoms with Crippen molar-refractivity contribution >= 4 is 5.91 Å². The van der Waals surface area contributed by atoms with E-state index in [9.17, 15) is 4.79 Å². The summed E-state index contributed by atoms with van der Waals surface area (Å²) in [5.41, 5.74) is 3.14. The lowest BCUT2D eigenvalue weighted by atomic mass is 9.95. The van der Waals surface area contributed by atoms with Gasteiger partial charge in [-0.05, 0) is 30.2 Å². The number of fused-ring (bicyclic) bond motifs is 1. The highest BCUT2D eigenvalue weighted by atomic mass is 16.5. The Labute approximate surface area is 116 Å². The molecule has 0 saturated heterocycles. The van der Waals surface area contributed by atoms with E-state index in [4.69, 9.17) is 0 Å². The van der Waals surface area contributed by atoms with E-state index in [2.05, 4.69) is 31.4 Å².